The van der Waals surface area contributed by atoms with Crippen LogP contribution in [0.4, 0.5) is 8.78 Å². The second-order valence-electron chi connectivity index (χ2n) is 8.91. The fourth-order valence-electron chi connectivity index (χ4n) is 4.95. The summed E-state index contributed by atoms with van der Waals surface area (Å²) >= 11 is 0. The third kappa shape index (κ3) is 5.44. The van der Waals surface area contributed by atoms with Crippen LogP contribution in [0.3, 0.4) is 0 Å². The zero-order valence-electron chi connectivity index (χ0n) is 18.7. The van der Waals surface area contributed by atoms with Gasteiger partial charge in [-0.15, -0.1) is 0 Å². The molecular weight excluding hydrogens is 408 g/mol. The molecule has 0 amide bonds. The van der Waals surface area contributed by atoms with E-state index in [4.69, 9.17) is 4.74 Å². The van der Waals surface area contributed by atoms with E-state index in [0.29, 0.717) is 18.0 Å². The first-order valence-corrected chi connectivity index (χ1v) is 11.5. The van der Waals surface area contributed by atoms with E-state index in [1.165, 1.54) is 34.9 Å². The highest BCUT2D eigenvalue weighted by molar-refractivity contribution is 5.91. The first-order valence-electron chi connectivity index (χ1n) is 11.5. The van der Waals surface area contributed by atoms with Gasteiger partial charge in [0, 0.05) is 19.5 Å². The van der Waals surface area contributed by atoms with Gasteiger partial charge in [-0.25, -0.2) is 13.6 Å². The van der Waals surface area contributed by atoms with Crippen LogP contribution in [0.5, 0.6) is 0 Å². The molecule has 1 unspecified atom stereocenters. The molecule has 2 aromatic carbocycles. The van der Waals surface area contributed by atoms with Gasteiger partial charge >= 0.3 is 5.97 Å². The molecule has 1 aliphatic carbocycles. The Morgan fingerprint density at radius 3 is 2.75 bits per heavy atom. The second kappa shape index (κ2) is 10.4. The molecule has 0 radical (unpaired) electrons. The number of nitrogens with zero attached hydrogens (tertiary/aromatic N) is 1. The van der Waals surface area contributed by atoms with Crippen molar-refractivity contribution < 1.29 is 18.3 Å². The number of aryl methyl sites for hydroxylation is 1. The van der Waals surface area contributed by atoms with Crippen molar-refractivity contribution in [1.29, 1.82) is 0 Å². The van der Waals surface area contributed by atoms with Gasteiger partial charge < -0.3 is 9.64 Å². The van der Waals surface area contributed by atoms with Crippen molar-refractivity contribution in [2.75, 3.05) is 26.7 Å². The van der Waals surface area contributed by atoms with E-state index in [1.54, 1.807) is 0 Å². The van der Waals surface area contributed by atoms with Gasteiger partial charge in [0.2, 0.25) is 6.43 Å². The summed E-state index contributed by atoms with van der Waals surface area (Å²) in [5.41, 5.74) is 6.68. The summed E-state index contributed by atoms with van der Waals surface area (Å²) in [5.74, 6) is 0.236. The number of methoxy groups -OCH3 is 1. The molecule has 32 heavy (non-hydrogen) atoms. The van der Waals surface area contributed by atoms with Crippen LogP contribution in [-0.4, -0.2) is 44.0 Å². The van der Waals surface area contributed by atoms with E-state index >= 15 is 0 Å². The lowest BCUT2D eigenvalue weighted by Gasteiger charge is -2.16. The number of halogens is 2. The Hall–Kier alpha value is -2.53. The van der Waals surface area contributed by atoms with Gasteiger partial charge in [0.05, 0.1) is 12.7 Å². The van der Waals surface area contributed by atoms with E-state index < -0.39 is 6.43 Å². The number of fused-ring (bicyclic) bond motifs is 1. The van der Waals surface area contributed by atoms with Crippen molar-refractivity contribution in [2.24, 2.45) is 5.92 Å². The Kier molecular flexibility index (Phi) is 7.36. The van der Waals surface area contributed by atoms with E-state index in [0.717, 1.165) is 45.2 Å². The number of carbonyl (C=O) groups excluding carboxylic acids is 1. The summed E-state index contributed by atoms with van der Waals surface area (Å²) in [6.07, 6.45) is 5.14. The summed E-state index contributed by atoms with van der Waals surface area (Å²) in [6, 6.07) is 14.6. The summed E-state index contributed by atoms with van der Waals surface area (Å²) in [7, 11) is 1.41. The Labute approximate surface area is 189 Å². The lowest BCUT2D eigenvalue weighted by Crippen LogP contribution is -2.23. The van der Waals surface area contributed by atoms with Crippen LogP contribution in [0.1, 0.15) is 58.3 Å². The summed E-state index contributed by atoms with van der Waals surface area (Å²) in [6.45, 7) is 2.33. The first kappa shape index (κ1) is 22.7. The highest BCUT2D eigenvalue weighted by Crippen LogP contribution is 2.32. The highest BCUT2D eigenvalue weighted by atomic mass is 19.3. The van der Waals surface area contributed by atoms with Crippen LogP contribution in [0, 0.1) is 5.92 Å². The lowest BCUT2D eigenvalue weighted by atomic mass is 9.91. The molecule has 0 N–H and O–H groups in total. The van der Waals surface area contributed by atoms with Gasteiger partial charge in [-0.05, 0) is 84.5 Å². The van der Waals surface area contributed by atoms with Crippen molar-refractivity contribution >= 4 is 11.5 Å². The molecule has 1 aliphatic heterocycles. The Bertz CT molecular complexity index is 968. The number of allylic oxidation sites excluding steroid dienone is 1. The SMILES string of the molecule is COC(=O)c1ccc2c(c1)CCCC=C2c1ccc(CC2CCN(CCC(F)F)C2)cc1. The molecule has 0 spiro atoms. The fourth-order valence-corrected chi connectivity index (χ4v) is 4.95. The van der Waals surface area contributed by atoms with Crippen LogP contribution in [-0.2, 0) is 17.6 Å². The van der Waals surface area contributed by atoms with E-state index in [2.05, 4.69) is 35.2 Å². The van der Waals surface area contributed by atoms with Gasteiger partial charge in [-0.2, -0.15) is 0 Å². The number of benzene rings is 2. The van der Waals surface area contributed by atoms with Gasteiger partial charge in [0.25, 0.3) is 0 Å². The third-order valence-corrected chi connectivity index (χ3v) is 6.64. The first-order chi connectivity index (χ1) is 15.5. The summed E-state index contributed by atoms with van der Waals surface area (Å²) in [4.78, 5) is 14.1. The quantitative estimate of drug-likeness (QED) is 0.514. The topological polar surface area (TPSA) is 29.5 Å². The Morgan fingerprint density at radius 2 is 2.00 bits per heavy atom. The van der Waals surface area contributed by atoms with Crippen molar-refractivity contribution in [3.05, 3.63) is 76.4 Å². The molecule has 5 heteroatoms. The van der Waals surface area contributed by atoms with Crippen molar-refractivity contribution in [3.63, 3.8) is 0 Å². The maximum atomic E-state index is 12.5. The van der Waals surface area contributed by atoms with Gasteiger partial charge in [0.1, 0.15) is 0 Å². The van der Waals surface area contributed by atoms with E-state index in [1.807, 2.05) is 18.2 Å². The number of alkyl halides is 2. The van der Waals surface area contributed by atoms with E-state index in [-0.39, 0.29) is 12.4 Å². The van der Waals surface area contributed by atoms with Crippen LogP contribution in [0.15, 0.2) is 48.5 Å². The summed E-state index contributed by atoms with van der Waals surface area (Å²) in [5, 5.41) is 0. The van der Waals surface area contributed by atoms with Crippen LogP contribution in [0.2, 0.25) is 0 Å². The molecular formula is C27H31F2NO2. The average Bonchev–Trinajstić information content (AvgIpc) is 3.14. The normalized spacial score (nSPS) is 18.9. The Morgan fingerprint density at radius 1 is 1.19 bits per heavy atom. The van der Waals surface area contributed by atoms with Crippen molar-refractivity contribution in [3.8, 4) is 0 Å². The van der Waals surface area contributed by atoms with E-state index in [9.17, 15) is 13.6 Å². The maximum absolute atomic E-state index is 12.5. The minimum absolute atomic E-state index is 0.0286. The number of hydrogen-bond acceptors (Lipinski definition) is 3. The summed E-state index contributed by atoms with van der Waals surface area (Å²) < 4.78 is 29.8. The fraction of sp³-hybridized carbons (Fsp3) is 0.444. The van der Waals surface area contributed by atoms with Crippen LogP contribution in [0.25, 0.3) is 5.57 Å². The molecule has 1 heterocycles. The molecule has 3 nitrogen and oxygen atoms in total. The average molecular weight is 440 g/mol. The monoisotopic (exact) mass is 439 g/mol. The number of hydrogen-bond donors (Lipinski definition) is 0. The number of likely N-dealkylation sites (tertiary alicyclic amines) is 1. The molecule has 4 rings (SSSR count). The molecule has 1 atom stereocenters. The molecule has 0 bridgehead atoms. The van der Waals surface area contributed by atoms with Gasteiger partial charge in [0.15, 0.2) is 0 Å². The number of rotatable bonds is 7. The van der Waals surface area contributed by atoms with Crippen LogP contribution >= 0.6 is 0 Å². The highest BCUT2D eigenvalue weighted by Gasteiger charge is 2.23. The van der Waals surface area contributed by atoms with Crippen molar-refractivity contribution in [2.45, 2.75) is 45.0 Å². The smallest absolute Gasteiger partial charge is 0.337 e. The zero-order chi connectivity index (χ0) is 22.5. The zero-order valence-corrected chi connectivity index (χ0v) is 18.7. The maximum Gasteiger partial charge on any atom is 0.337 e. The Balaban J connectivity index is 1.44. The predicted octanol–water partition coefficient (Wildman–Crippen LogP) is 5.76. The molecule has 1 saturated heterocycles. The second-order valence-corrected chi connectivity index (χ2v) is 8.91. The van der Waals surface area contributed by atoms with Gasteiger partial charge in [-0.1, -0.05) is 36.4 Å². The molecule has 0 aromatic heterocycles. The lowest BCUT2D eigenvalue weighted by molar-refractivity contribution is 0.0600. The standard InChI is InChI=1S/C27H31F2NO2/c1-32-27(31)23-10-11-25-22(17-23)4-2-3-5-24(25)21-8-6-19(7-9-21)16-20-12-14-30(18-20)15-13-26(28)29/h5-11,17,20,26H,2-4,12-16,18H2,1H3. The number of ether oxygens (including phenoxy) is 1. The molecule has 170 valence electrons. The van der Waals surface area contributed by atoms with Crippen molar-refractivity contribution in [1.82, 2.24) is 4.90 Å². The number of esters is 1. The molecule has 2 aromatic rings. The van der Waals surface area contributed by atoms with Gasteiger partial charge in [-0.3, -0.25) is 0 Å². The minimum atomic E-state index is -2.21. The molecule has 0 saturated carbocycles. The van der Waals surface area contributed by atoms with Crippen LogP contribution < -0.4 is 0 Å². The third-order valence-electron chi connectivity index (χ3n) is 6.64. The molecule has 1 fully saturated rings. The molecule has 2 aliphatic rings. The number of carbonyl (C=O) groups is 1. The predicted molar refractivity (Wildman–Crippen MR) is 123 cm³/mol. The minimum Gasteiger partial charge on any atom is -0.465 e. The largest absolute Gasteiger partial charge is 0.465 e.